The van der Waals surface area contributed by atoms with Gasteiger partial charge in [-0.15, -0.1) is 0 Å². The average Bonchev–Trinajstić information content (AvgIpc) is 3.10. The first-order chi connectivity index (χ1) is 9.16. The van der Waals surface area contributed by atoms with Crippen LogP contribution in [0.15, 0.2) is 0 Å². The lowest BCUT2D eigenvalue weighted by molar-refractivity contribution is 0.231. The second-order valence-corrected chi connectivity index (χ2v) is 6.52. The first-order valence-corrected chi connectivity index (χ1v) is 8.59. The molecular weight excluding hydrogens is 232 g/mol. The lowest BCUT2D eigenvalue weighted by atomic mass is 10.2. The van der Waals surface area contributed by atoms with Crippen molar-refractivity contribution in [1.29, 1.82) is 0 Å². The Morgan fingerprint density at radius 2 is 1.32 bits per heavy atom. The van der Waals surface area contributed by atoms with E-state index in [4.69, 9.17) is 0 Å². The van der Waals surface area contributed by atoms with Gasteiger partial charge in [-0.1, -0.05) is 26.7 Å². The van der Waals surface area contributed by atoms with Gasteiger partial charge in [0.15, 0.2) is 0 Å². The van der Waals surface area contributed by atoms with Crippen LogP contribution in [0, 0.1) is 11.8 Å². The van der Waals surface area contributed by atoms with E-state index in [-0.39, 0.29) is 0 Å². The van der Waals surface area contributed by atoms with Crippen LogP contribution in [0.4, 0.5) is 0 Å². The summed E-state index contributed by atoms with van der Waals surface area (Å²) in [6.07, 6.45) is 7.26. The van der Waals surface area contributed by atoms with Crippen molar-refractivity contribution in [3.8, 4) is 0 Å². The van der Waals surface area contributed by atoms with E-state index in [9.17, 15) is 0 Å². The summed E-state index contributed by atoms with van der Waals surface area (Å²) < 4.78 is 0. The Kier molecular flexibility index (Phi) is 8.01. The van der Waals surface area contributed by atoms with Gasteiger partial charge in [-0.05, 0) is 65.1 Å². The quantitative estimate of drug-likeness (QED) is 0.712. The lowest BCUT2D eigenvalue weighted by Gasteiger charge is -2.23. The highest BCUT2D eigenvalue weighted by Crippen LogP contribution is 2.43. The summed E-state index contributed by atoms with van der Waals surface area (Å²) in [6, 6.07) is 0.762. The molecule has 0 aromatic carbocycles. The maximum atomic E-state index is 2.59. The molecule has 2 heterocycles. The highest BCUT2D eigenvalue weighted by Gasteiger charge is 2.43. The Balaban J connectivity index is 0.000000174. The summed E-state index contributed by atoms with van der Waals surface area (Å²) in [5.41, 5.74) is 0. The SMILES string of the molecule is CC.CC(C)N1CCCCCC1.CN1CC2CC2C1. The molecule has 114 valence electrons. The molecule has 0 aromatic heterocycles. The van der Waals surface area contributed by atoms with E-state index in [0.29, 0.717) is 0 Å². The fraction of sp³-hybridized carbons (Fsp3) is 1.00. The normalized spacial score (nSPS) is 30.6. The molecule has 1 saturated carbocycles. The first-order valence-electron chi connectivity index (χ1n) is 8.59. The van der Waals surface area contributed by atoms with Crippen LogP contribution in [0.25, 0.3) is 0 Å². The van der Waals surface area contributed by atoms with Gasteiger partial charge in [0.25, 0.3) is 0 Å². The Hall–Kier alpha value is -0.0800. The number of hydrogen-bond donors (Lipinski definition) is 0. The van der Waals surface area contributed by atoms with Gasteiger partial charge in [-0.3, -0.25) is 0 Å². The highest BCUT2D eigenvalue weighted by atomic mass is 15.1. The number of likely N-dealkylation sites (tertiary alicyclic amines) is 2. The fourth-order valence-corrected chi connectivity index (χ4v) is 3.24. The summed E-state index contributed by atoms with van der Waals surface area (Å²) in [5, 5.41) is 0. The van der Waals surface area contributed by atoms with Crippen molar-refractivity contribution in [3.05, 3.63) is 0 Å². The topological polar surface area (TPSA) is 6.48 Å². The van der Waals surface area contributed by atoms with E-state index in [1.165, 1.54) is 58.3 Å². The van der Waals surface area contributed by atoms with Gasteiger partial charge in [0.2, 0.25) is 0 Å². The van der Waals surface area contributed by atoms with Crippen molar-refractivity contribution in [2.24, 2.45) is 11.8 Å². The highest BCUT2D eigenvalue weighted by molar-refractivity contribution is 4.95. The molecule has 0 aromatic rings. The van der Waals surface area contributed by atoms with Gasteiger partial charge >= 0.3 is 0 Å². The largest absolute Gasteiger partial charge is 0.306 e. The number of rotatable bonds is 1. The Labute approximate surface area is 121 Å². The summed E-state index contributed by atoms with van der Waals surface area (Å²) >= 11 is 0. The smallest absolute Gasteiger partial charge is 0.00385 e. The van der Waals surface area contributed by atoms with Crippen molar-refractivity contribution in [3.63, 3.8) is 0 Å². The second-order valence-electron chi connectivity index (χ2n) is 6.52. The van der Waals surface area contributed by atoms with E-state index < -0.39 is 0 Å². The lowest BCUT2D eigenvalue weighted by Crippen LogP contribution is -2.31. The minimum Gasteiger partial charge on any atom is -0.306 e. The molecule has 3 aliphatic rings. The van der Waals surface area contributed by atoms with Crippen LogP contribution in [-0.2, 0) is 0 Å². The monoisotopic (exact) mass is 268 g/mol. The third-order valence-electron chi connectivity index (χ3n) is 4.53. The van der Waals surface area contributed by atoms with Gasteiger partial charge in [0.05, 0.1) is 0 Å². The molecule has 2 nitrogen and oxygen atoms in total. The molecule has 0 amide bonds. The molecule has 3 fully saturated rings. The number of hydrogen-bond acceptors (Lipinski definition) is 2. The fourth-order valence-electron chi connectivity index (χ4n) is 3.24. The zero-order valence-electron chi connectivity index (χ0n) is 14.0. The van der Waals surface area contributed by atoms with Crippen molar-refractivity contribution in [1.82, 2.24) is 9.80 Å². The minimum atomic E-state index is 0.762. The number of nitrogens with zero attached hydrogens (tertiary/aromatic N) is 2. The van der Waals surface area contributed by atoms with Crippen LogP contribution in [-0.4, -0.2) is 49.1 Å². The van der Waals surface area contributed by atoms with Crippen LogP contribution in [0.1, 0.15) is 59.8 Å². The number of fused-ring (bicyclic) bond motifs is 1. The number of piperidine rings is 1. The molecule has 2 atom stereocenters. The van der Waals surface area contributed by atoms with Crippen molar-refractivity contribution in [2.45, 2.75) is 65.8 Å². The second kappa shape index (κ2) is 8.97. The van der Waals surface area contributed by atoms with E-state index in [0.717, 1.165) is 17.9 Å². The molecule has 0 N–H and O–H groups in total. The zero-order chi connectivity index (χ0) is 14.3. The van der Waals surface area contributed by atoms with E-state index in [1.54, 1.807) is 0 Å². The first kappa shape index (κ1) is 17.0. The Morgan fingerprint density at radius 3 is 1.63 bits per heavy atom. The Bertz CT molecular complexity index is 209. The summed E-state index contributed by atoms with van der Waals surface area (Å²) in [5.74, 6) is 2.23. The molecule has 1 aliphatic carbocycles. The maximum Gasteiger partial charge on any atom is 0.00385 e. The summed E-state index contributed by atoms with van der Waals surface area (Å²) in [4.78, 5) is 5.02. The molecule has 19 heavy (non-hydrogen) atoms. The summed E-state index contributed by atoms with van der Waals surface area (Å²) in [7, 11) is 2.21. The molecule has 0 spiro atoms. The third-order valence-corrected chi connectivity index (χ3v) is 4.53. The molecule has 2 unspecified atom stereocenters. The van der Waals surface area contributed by atoms with Gasteiger partial charge < -0.3 is 9.80 Å². The van der Waals surface area contributed by atoms with Crippen molar-refractivity contribution in [2.75, 3.05) is 33.2 Å². The molecule has 0 bridgehead atoms. The minimum absolute atomic E-state index is 0.762. The van der Waals surface area contributed by atoms with E-state index in [1.807, 2.05) is 13.8 Å². The Morgan fingerprint density at radius 1 is 0.842 bits per heavy atom. The molecule has 0 radical (unpaired) electrons. The van der Waals surface area contributed by atoms with Crippen LogP contribution < -0.4 is 0 Å². The average molecular weight is 268 g/mol. The van der Waals surface area contributed by atoms with E-state index in [2.05, 4.69) is 30.7 Å². The van der Waals surface area contributed by atoms with Crippen LogP contribution in [0.5, 0.6) is 0 Å². The van der Waals surface area contributed by atoms with Crippen molar-refractivity contribution >= 4 is 0 Å². The molecule has 2 saturated heterocycles. The van der Waals surface area contributed by atoms with Crippen LogP contribution in [0.3, 0.4) is 0 Å². The van der Waals surface area contributed by atoms with Gasteiger partial charge in [-0.25, -0.2) is 0 Å². The molecule has 3 rings (SSSR count). The third kappa shape index (κ3) is 6.27. The molecule has 2 aliphatic heterocycles. The molecular formula is C17H36N2. The van der Waals surface area contributed by atoms with Gasteiger partial charge in [0.1, 0.15) is 0 Å². The standard InChI is InChI=1S/C9H19N.C6H11N.C2H6/c1-9(2)10-7-5-3-4-6-8-10;1-7-3-5-2-6(5)4-7;1-2/h9H,3-8H2,1-2H3;5-6H,2-4H2,1H3;1-2H3. The predicted octanol–water partition coefficient (Wildman–Crippen LogP) is 3.86. The molecule has 2 heteroatoms. The predicted molar refractivity (Wildman–Crippen MR) is 85.6 cm³/mol. The van der Waals surface area contributed by atoms with Crippen molar-refractivity contribution < 1.29 is 0 Å². The maximum absolute atomic E-state index is 2.59. The van der Waals surface area contributed by atoms with Gasteiger partial charge in [0, 0.05) is 19.1 Å². The van der Waals surface area contributed by atoms with E-state index >= 15 is 0 Å². The van der Waals surface area contributed by atoms with Gasteiger partial charge in [-0.2, -0.15) is 0 Å². The van der Waals surface area contributed by atoms with Crippen LogP contribution >= 0.6 is 0 Å². The van der Waals surface area contributed by atoms with Crippen LogP contribution in [0.2, 0.25) is 0 Å². The zero-order valence-corrected chi connectivity index (χ0v) is 14.0. The summed E-state index contributed by atoms with van der Waals surface area (Å²) in [6.45, 7) is 14.0.